The number of hydrogen-bond acceptors (Lipinski definition) is 7. The normalized spacial score (nSPS) is 16.6. The number of fused-ring (bicyclic) bond motifs is 1. The molecule has 8 nitrogen and oxygen atoms in total. The summed E-state index contributed by atoms with van der Waals surface area (Å²) in [6.07, 6.45) is -4.02. The predicted molar refractivity (Wildman–Crippen MR) is 157 cm³/mol. The fourth-order valence-corrected chi connectivity index (χ4v) is 5.61. The topological polar surface area (TPSA) is 88.7 Å². The second-order valence-corrected chi connectivity index (χ2v) is 10.9. The van der Waals surface area contributed by atoms with E-state index in [1.165, 1.54) is 47.0 Å². The number of benzene rings is 3. The highest BCUT2D eigenvalue weighted by molar-refractivity contribution is 8.14. The SMILES string of the molecule is CC(C)c1ccccc1/N=C1/SCC(O)N1c1ccc2cc(-c3ncn(-c4ccc(OC(F)(F)F)cc4)n3)ccc2n1. The zero-order valence-corrected chi connectivity index (χ0v) is 23.3. The first-order valence-electron chi connectivity index (χ1n) is 13.1. The van der Waals surface area contributed by atoms with Crippen LogP contribution in [0.4, 0.5) is 24.7 Å². The van der Waals surface area contributed by atoms with Gasteiger partial charge in [0.1, 0.15) is 24.1 Å². The second-order valence-electron chi connectivity index (χ2n) is 9.90. The van der Waals surface area contributed by atoms with Crippen molar-refractivity contribution < 1.29 is 23.0 Å². The zero-order valence-electron chi connectivity index (χ0n) is 22.5. The van der Waals surface area contributed by atoms with Crippen LogP contribution in [0.3, 0.4) is 0 Å². The lowest BCUT2D eigenvalue weighted by molar-refractivity contribution is -0.274. The maximum Gasteiger partial charge on any atom is 0.573 e. The summed E-state index contributed by atoms with van der Waals surface area (Å²) in [6.45, 7) is 4.25. The number of aliphatic hydroxyl groups excluding tert-OH is 1. The number of halogens is 3. The molecule has 2 aromatic heterocycles. The van der Waals surface area contributed by atoms with Crippen LogP contribution in [-0.2, 0) is 0 Å². The summed E-state index contributed by atoms with van der Waals surface area (Å²) in [5.74, 6) is 1.51. The summed E-state index contributed by atoms with van der Waals surface area (Å²) in [7, 11) is 0. The minimum atomic E-state index is -4.75. The van der Waals surface area contributed by atoms with E-state index in [9.17, 15) is 18.3 Å². The molecule has 3 aromatic carbocycles. The highest BCUT2D eigenvalue weighted by Gasteiger charge is 2.32. The van der Waals surface area contributed by atoms with Crippen LogP contribution in [0.1, 0.15) is 25.3 Å². The maximum atomic E-state index is 12.4. The maximum absolute atomic E-state index is 12.4. The predicted octanol–water partition coefficient (Wildman–Crippen LogP) is 7.06. The third-order valence-corrected chi connectivity index (χ3v) is 7.66. The molecular weight excluding hydrogens is 565 g/mol. The molecule has 0 spiro atoms. The first-order chi connectivity index (χ1) is 20.1. The molecule has 5 aromatic rings. The summed E-state index contributed by atoms with van der Waals surface area (Å²) in [5.41, 5.74) is 4.01. The fraction of sp³-hybridized carbons (Fsp3) is 0.200. The van der Waals surface area contributed by atoms with Crippen LogP contribution in [-0.4, -0.2) is 48.4 Å². The highest BCUT2D eigenvalue weighted by atomic mass is 32.2. The number of hydrogen-bond donors (Lipinski definition) is 1. The first kappa shape index (κ1) is 27.7. The third kappa shape index (κ3) is 5.81. The van der Waals surface area contributed by atoms with Crippen LogP contribution < -0.4 is 9.64 Å². The molecule has 1 atom stereocenters. The van der Waals surface area contributed by atoms with E-state index in [0.717, 1.165) is 27.7 Å². The molecule has 0 saturated carbocycles. The molecule has 1 saturated heterocycles. The van der Waals surface area contributed by atoms with Gasteiger partial charge in [-0.3, -0.25) is 4.90 Å². The summed E-state index contributed by atoms with van der Waals surface area (Å²) >= 11 is 1.49. The minimum Gasteiger partial charge on any atom is -0.406 e. The van der Waals surface area contributed by atoms with Gasteiger partial charge < -0.3 is 9.84 Å². The van der Waals surface area contributed by atoms with E-state index in [1.807, 2.05) is 48.5 Å². The molecule has 0 bridgehead atoms. The average molecular weight is 591 g/mol. The Morgan fingerprint density at radius 2 is 1.81 bits per heavy atom. The largest absolute Gasteiger partial charge is 0.573 e. The molecule has 42 heavy (non-hydrogen) atoms. The Bertz CT molecular complexity index is 1770. The lowest BCUT2D eigenvalue weighted by Gasteiger charge is -2.22. The number of aliphatic imine (C=N–C) groups is 1. The van der Waals surface area contributed by atoms with Crippen molar-refractivity contribution in [3.63, 3.8) is 0 Å². The van der Waals surface area contributed by atoms with Gasteiger partial charge in [0.15, 0.2) is 11.0 Å². The van der Waals surface area contributed by atoms with Crippen molar-refractivity contribution in [2.75, 3.05) is 10.7 Å². The van der Waals surface area contributed by atoms with Gasteiger partial charge in [-0.2, -0.15) is 0 Å². The Morgan fingerprint density at radius 1 is 1.02 bits per heavy atom. The molecule has 12 heteroatoms. The van der Waals surface area contributed by atoms with Gasteiger partial charge in [-0.15, -0.1) is 18.3 Å². The van der Waals surface area contributed by atoms with E-state index in [2.05, 4.69) is 34.7 Å². The van der Waals surface area contributed by atoms with Crippen molar-refractivity contribution in [3.8, 4) is 22.8 Å². The number of ether oxygens (including phenoxy) is 1. The Labute approximate surface area is 243 Å². The summed E-state index contributed by atoms with van der Waals surface area (Å²) in [4.78, 5) is 15.8. The monoisotopic (exact) mass is 590 g/mol. The van der Waals surface area contributed by atoms with Gasteiger partial charge in [-0.1, -0.05) is 43.8 Å². The Hall–Kier alpha value is -4.42. The number of para-hydroxylation sites is 1. The van der Waals surface area contributed by atoms with Crippen LogP contribution in [0.25, 0.3) is 28.0 Å². The lowest BCUT2D eigenvalue weighted by atomic mass is 10.0. The van der Waals surface area contributed by atoms with Crippen LogP contribution in [0.5, 0.6) is 5.75 Å². The molecule has 1 aliphatic heterocycles. The van der Waals surface area contributed by atoms with Gasteiger partial charge in [-0.05, 0) is 72.1 Å². The molecule has 3 heterocycles. The first-order valence-corrected chi connectivity index (χ1v) is 14.1. The third-order valence-electron chi connectivity index (χ3n) is 6.65. The van der Waals surface area contributed by atoms with E-state index in [0.29, 0.717) is 34.2 Å². The Morgan fingerprint density at radius 3 is 2.57 bits per heavy atom. The van der Waals surface area contributed by atoms with Gasteiger partial charge >= 0.3 is 6.36 Å². The Kier molecular flexibility index (Phi) is 7.33. The van der Waals surface area contributed by atoms with Crippen molar-refractivity contribution in [2.45, 2.75) is 32.4 Å². The van der Waals surface area contributed by atoms with Crippen molar-refractivity contribution in [2.24, 2.45) is 4.99 Å². The smallest absolute Gasteiger partial charge is 0.406 e. The number of nitrogens with zero attached hydrogens (tertiary/aromatic N) is 6. The number of aromatic nitrogens is 4. The Balaban J connectivity index is 1.25. The van der Waals surface area contributed by atoms with E-state index < -0.39 is 12.6 Å². The molecule has 0 radical (unpaired) electrons. The van der Waals surface area contributed by atoms with Crippen LogP contribution in [0.15, 0.2) is 90.2 Å². The van der Waals surface area contributed by atoms with Gasteiger partial charge in [0.2, 0.25) is 0 Å². The second kappa shape index (κ2) is 11.1. The van der Waals surface area contributed by atoms with Crippen molar-refractivity contribution in [3.05, 3.63) is 90.8 Å². The summed E-state index contributed by atoms with van der Waals surface area (Å²) < 4.78 is 42.7. The lowest BCUT2D eigenvalue weighted by Crippen LogP contribution is -2.34. The summed E-state index contributed by atoms with van der Waals surface area (Å²) in [5, 5.41) is 16.8. The molecule has 0 aliphatic carbocycles. The molecule has 6 rings (SSSR count). The highest BCUT2D eigenvalue weighted by Crippen LogP contribution is 2.34. The summed E-state index contributed by atoms with van der Waals surface area (Å²) in [6, 6.07) is 22.8. The molecule has 0 amide bonds. The minimum absolute atomic E-state index is 0.308. The van der Waals surface area contributed by atoms with Crippen molar-refractivity contribution >= 4 is 39.3 Å². The molecular formula is C30H25F3N6O2S. The van der Waals surface area contributed by atoms with E-state index in [4.69, 9.17) is 9.98 Å². The fourth-order valence-electron chi connectivity index (χ4n) is 4.65. The molecule has 1 aliphatic rings. The van der Waals surface area contributed by atoms with Crippen LogP contribution >= 0.6 is 11.8 Å². The molecule has 1 fully saturated rings. The van der Waals surface area contributed by atoms with Crippen molar-refractivity contribution in [1.82, 2.24) is 19.7 Å². The van der Waals surface area contributed by atoms with Gasteiger partial charge in [-0.25, -0.2) is 19.6 Å². The number of anilines is 1. The van der Waals surface area contributed by atoms with E-state index >= 15 is 0 Å². The van der Waals surface area contributed by atoms with Crippen LogP contribution in [0.2, 0.25) is 0 Å². The van der Waals surface area contributed by atoms with Gasteiger partial charge in [0.05, 0.1) is 16.9 Å². The van der Waals surface area contributed by atoms with Crippen molar-refractivity contribution in [1.29, 1.82) is 0 Å². The number of amidine groups is 1. The van der Waals surface area contributed by atoms with E-state index in [-0.39, 0.29) is 5.75 Å². The number of pyridine rings is 1. The number of alkyl halides is 3. The van der Waals surface area contributed by atoms with Gasteiger partial charge in [0, 0.05) is 16.7 Å². The standard InChI is InChI=1S/C30H25F3N6O2S/c1-18(2)23-5-3-4-6-25(23)36-29-39(27(40)16-42-29)26-14-8-19-15-20(7-13-24(19)35-26)28-34-17-38(37-28)21-9-11-22(12-10-21)41-30(31,32)33/h3-15,17-18,27,40H,16H2,1-2H3/b36-29+. The van der Waals surface area contributed by atoms with Gasteiger partial charge in [0.25, 0.3) is 0 Å². The van der Waals surface area contributed by atoms with E-state index in [1.54, 1.807) is 4.90 Å². The number of aliphatic hydroxyl groups is 1. The number of thioether (sulfide) groups is 1. The number of rotatable bonds is 6. The molecule has 1 N–H and O–H groups in total. The van der Waals surface area contributed by atoms with Crippen LogP contribution in [0, 0.1) is 0 Å². The average Bonchev–Trinajstić information content (AvgIpc) is 3.59. The molecule has 1 unspecified atom stereocenters. The molecule has 214 valence electrons. The quantitative estimate of drug-likeness (QED) is 0.226. The zero-order chi connectivity index (χ0) is 29.4.